The Morgan fingerprint density at radius 1 is 1.47 bits per heavy atom. The molecule has 0 saturated carbocycles. The highest BCUT2D eigenvalue weighted by Gasteiger charge is 2.09. The van der Waals surface area contributed by atoms with Crippen molar-refractivity contribution in [3.8, 4) is 0 Å². The number of amides is 1. The maximum absolute atomic E-state index is 11.4. The van der Waals surface area contributed by atoms with Crippen LogP contribution < -0.4 is 5.32 Å². The van der Waals surface area contributed by atoms with Crippen LogP contribution in [0.15, 0.2) is 6.20 Å². The molecular formula is C11H16N2O3S. The molecule has 1 amide bonds. The van der Waals surface area contributed by atoms with Gasteiger partial charge >= 0.3 is 5.97 Å². The fourth-order valence-electron chi connectivity index (χ4n) is 1.19. The quantitative estimate of drug-likeness (QED) is 0.819. The summed E-state index contributed by atoms with van der Waals surface area (Å²) < 4.78 is 0. The summed E-state index contributed by atoms with van der Waals surface area (Å²) in [6.45, 7) is 4.12. The molecule has 0 aromatic carbocycles. The first kappa shape index (κ1) is 13.6. The highest BCUT2D eigenvalue weighted by atomic mass is 32.1. The van der Waals surface area contributed by atoms with Crippen LogP contribution in [0.1, 0.15) is 43.9 Å². The lowest BCUT2D eigenvalue weighted by molar-refractivity contribution is -0.137. The number of nitrogens with one attached hydrogen (secondary N) is 1. The SMILES string of the molecule is CC(C)c1cnc(NC(=O)CCCC(=O)O)s1. The van der Waals surface area contributed by atoms with Crippen molar-refractivity contribution in [3.63, 3.8) is 0 Å². The molecule has 1 heterocycles. The van der Waals surface area contributed by atoms with Crippen molar-refractivity contribution in [2.75, 3.05) is 5.32 Å². The number of hydrogen-bond acceptors (Lipinski definition) is 4. The van der Waals surface area contributed by atoms with E-state index in [1.165, 1.54) is 11.3 Å². The molecule has 1 aromatic heterocycles. The lowest BCUT2D eigenvalue weighted by atomic mass is 10.2. The highest BCUT2D eigenvalue weighted by Crippen LogP contribution is 2.25. The van der Waals surface area contributed by atoms with Gasteiger partial charge in [-0.3, -0.25) is 9.59 Å². The molecular weight excluding hydrogens is 240 g/mol. The molecule has 0 atom stereocenters. The van der Waals surface area contributed by atoms with Gasteiger partial charge < -0.3 is 10.4 Å². The Balaban J connectivity index is 2.37. The molecule has 0 saturated heterocycles. The first-order chi connectivity index (χ1) is 7.99. The Hall–Kier alpha value is -1.43. The number of rotatable bonds is 6. The summed E-state index contributed by atoms with van der Waals surface area (Å²) in [5.74, 6) is -0.671. The Kier molecular flexibility index (Phi) is 5.09. The monoisotopic (exact) mass is 256 g/mol. The minimum absolute atomic E-state index is 0.0164. The van der Waals surface area contributed by atoms with Gasteiger partial charge in [0.25, 0.3) is 0 Å². The average Bonchev–Trinajstić information content (AvgIpc) is 2.65. The van der Waals surface area contributed by atoms with Crippen LogP contribution in [-0.4, -0.2) is 22.0 Å². The molecule has 0 aliphatic carbocycles. The van der Waals surface area contributed by atoms with Crippen molar-refractivity contribution in [2.45, 2.75) is 39.0 Å². The van der Waals surface area contributed by atoms with Crippen LogP contribution in [0.4, 0.5) is 5.13 Å². The summed E-state index contributed by atoms with van der Waals surface area (Å²) in [5, 5.41) is 11.7. The second-order valence-corrected chi connectivity index (χ2v) is 5.08. The number of aromatic nitrogens is 1. The number of carbonyl (C=O) groups excluding carboxylic acids is 1. The second kappa shape index (κ2) is 6.34. The van der Waals surface area contributed by atoms with E-state index in [0.29, 0.717) is 17.5 Å². The van der Waals surface area contributed by atoms with Crippen molar-refractivity contribution in [3.05, 3.63) is 11.1 Å². The van der Waals surface area contributed by atoms with Crippen molar-refractivity contribution < 1.29 is 14.7 Å². The molecule has 0 aliphatic heterocycles. The predicted molar refractivity (Wildman–Crippen MR) is 66.3 cm³/mol. The van der Waals surface area contributed by atoms with E-state index in [0.717, 1.165) is 4.88 Å². The number of carboxylic acids is 1. The van der Waals surface area contributed by atoms with Gasteiger partial charge in [0.2, 0.25) is 5.91 Å². The molecule has 0 spiro atoms. The van der Waals surface area contributed by atoms with E-state index in [-0.39, 0.29) is 18.7 Å². The smallest absolute Gasteiger partial charge is 0.303 e. The zero-order valence-corrected chi connectivity index (χ0v) is 10.7. The Bertz CT molecular complexity index is 401. The number of thiazole rings is 1. The Morgan fingerprint density at radius 3 is 2.71 bits per heavy atom. The minimum atomic E-state index is -0.880. The Labute approximate surface area is 104 Å². The van der Waals surface area contributed by atoms with Crippen LogP contribution in [0.25, 0.3) is 0 Å². The molecule has 1 aromatic rings. The molecule has 2 N–H and O–H groups in total. The molecule has 17 heavy (non-hydrogen) atoms. The lowest BCUT2D eigenvalue weighted by Gasteiger charge is -2.00. The second-order valence-electron chi connectivity index (χ2n) is 4.02. The standard InChI is InChI=1S/C11H16N2O3S/c1-7(2)8-6-12-11(17-8)13-9(14)4-3-5-10(15)16/h6-7H,3-5H2,1-2H3,(H,15,16)(H,12,13,14). The van der Waals surface area contributed by atoms with Crippen LogP contribution in [-0.2, 0) is 9.59 Å². The van der Waals surface area contributed by atoms with E-state index in [9.17, 15) is 9.59 Å². The van der Waals surface area contributed by atoms with E-state index < -0.39 is 5.97 Å². The molecule has 0 bridgehead atoms. The molecule has 94 valence electrons. The third-order valence-corrected chi connectivity index (χ3v) is 3.35. The van der Waals surface area contributed by atoms with Crippen LogP contribution in [0.5, 0.6) is 0 Å². The highest BCUT2D eigenvalue weighted by molar-refractivity contribution is 7.15. The number of carbonyl (C=O) groups is 2. The fourth-order valence-corrected chi connectivity index (χ4v) is 2.03. The molecule has 6 heteroatoms. The van der Waals surface area contributed by atoms with Crippen molar-refractivity contribution in [1.82, 2.24) is 4.98 Å². The predicted octanol–water partition coefficient (Wildman–Crippen LogP) is 2.46. The minimum Gasteiger partial charge on any atom is -0.481 e. The largest absolute Gasteiger partial charge is 0.481 e. The molecule has 0 unspecified atom stereocenters. The summed E-state index contributed by atoms with van der Waals surface area (Å²) in [4.78, 5) is 26.9. The van der Waals surface area contributed by atoms with E-state index in [1.54, 1.807) is 6.20 Å². The van der Waals surface area contributed by atoms with Crippen LogP contribution in [0.3, 0.4) is 0 Å². The van der Waals surface area contributed by atoms with E-state index in [1.807, 2.05) is 0 Å². The van der Waals surface area contributed by atoms with Crippen molar-refractivity contribution in [1.29, 1.82) is 0 Å². The van der Waals surface area contributed by atoms with Gasteiger partial charge in [-0.05, 0) is 12.3 Å². The van der Waals surface area contributed by atoms with Crippen LogP contribution in [0, 0.1) is 0 Å². The van der Waals surface area contributed by atoms with Gasteiger partial charge in [0.1, 0.15) is 0 Å². The van der Waals surface area contributed by atoms with Crippen molar-refractivity contribution >= 4 is 28.3 Å². The molecule has 5 nitrogen and oxygen atoms in total. The fraction of sp³-hybridized carbons (Fsp3) is 0.545. The number of carboxylic acid groups (broad SMARTS) is 1. The topological polar surface area (TPSA) is 79.3 Å². The molecule has 0 fully saturated rings. The molecule has 0 radical (unpaired) electrons. The van der Waals surface area contributed by atoms with Gasteiger partial charge in [0, 0.05) is 23.9 Å². The third kappa shape index (κ3) is 4.95. The first-order valence-corrected chi connectivity index (χ1v) is 6.28. The summed E-state index contributed by atoms with van der Waals surface area (Å²) in [5.41, 5.74) is 0. The van der Waals surface area contributed by atoms with Gasteiger partial charge in [0.05, 0.1) is 0 Å². The normalized spacial score (nSPS) is 10.5. The van der Waals surface area contributed by atoms with Crippen molar-refractivity contribution in [2.24, 2.45) is 0 Å². The van der Waals surface area contributed by atoms with Gasteiger partial charge in [-0.25, -0.2) is 4.98 Å². The van der Waals surface area contributed by atoms with E-state index in [2.05, 4.69) is 24.1 Å². The average molecular weight is 256 g/mol. The van der Waals surface area contributed by atoms with E-state index in [4.69, 9.17) is 5.11 Å². The van der Waals surface area contributed by atoms with Gasteiger partial charge in [-0.15, -0.1) is 11.3 Å². The zero-order chi connectivity index (χ0) is 12.8. The number of nitrogens with zero attached hydrogens (tertiary/aromatic N) is 1. The molecule has 1 rings (SSSR count). The van der Waals surface area contributed by atoms with Crippen LogP contribution in [0.2, 0.25) is 0 Å². The zero-order valence-electron chi connectivity index (χ0n) is 9.90. The molecule has 0 aliphatic rings. The summed E-state index contributed by atoms with van der Waals surface area (Å²) in [6, 6.07) is 0. The van der Waals surface area contributed by atoms with E-state index >= 15 is 0 Å². The number of anilines is 1. The maximum Gasteiger partial charge on any atom is 0.303 e. The van der Waals surface area contributed by atoms with Gasteiger partial charge in [-0.1, -0.05) is 13.8 Å². The van der Waals surface area contributed by atoms with Crippen LogP contribution >= 0.6 is 11.3 Å². The Morgan fingerprint density at radius 2 is 2.18 bits per heavy atom. The summed E-state index contributed by atoms with van der Waals surface area (Å²) >= 11 is 1.45. The number of aliphatic carboxylic acids is 1. The number of hydrogen-bond donors (Lipinski definition) is 2. The summed E-state index contributed by atoms with van der Waals surface area (Å²) in [6.07, 6.45) is 2.33. The third-order valence-electron chi connectivity index (χ3n) is 2.13. The summed E-state index contributed by atoms with van der Waals surface area (Å²) in [7, 11) is 0. The maximum atomic E-state index is 11.4. The first-order valence-electron chi connectivity index (χ1n) is 5.46. The lowest BCUT2D eigenvalue weighted by Crippen LogP contribution is -2.11. The van der Waals surface area contributed by atoms with Gasteiger partial charge in [0.15, 0.2) is 5.13 Å². The van der Waals surface area contributed by atoms with Gasteiger partial charge in [-0.2, -0.15) is 0 Å².